The molecule has 0 aliphatic heterocycles. The molecule has 4 rings (SSSR count). The molecule has 0 spiro atoms. The summed E-state index contributed by atoms with van der Waals surface area (Å²) in [5, 5.41) is 18.8. The average Bonchev–Trinajstić information content (AvgIpc) is 3.34. The fourth-order valence-corrected chi connectivity index (χ4v) is 3.86. The number of benzene rings is 1. The number of tetrazole rings is 1. The largest absolute Gasteiger partial charge is 0.338 e. The summed E-state index contributed by atoms with van der Waals surface area (Å²) in [7, 11) is 0. The van der Waals surface area contributed by atoms with E-state index in [2.05, 4.69) is 25.7 Å². The monoisotopic (exact) mass is 370 g/mol. The van der Waals surface area contributed by atoms with Gasteiger partial charge in [0.15, 0.2) is 0 Å². The Balaban J connectivity index is 1.54. The van der Waals surface area contributed by atoms with Crippen LogP contribution in [0.15, 0.2) is 45.4 Å². The fraction of sp³-hybridized carbons (Fsp3) is 0.188. The summed E-state index contributed by atoms with van der Waals surface area (Å²) in [6.07, 6.45) is 0. The highest BCUT2D eigenvalue weighted by Gasteiger charge is 2.15. The van der Waals surface area contributed by atoms with Gasteiger partial charge >= 0.3 is 0 Å². The van der Waals surface area contributed by atoms with Crippen LogP contribution in [-0.2, 0) is 5.75 Å². The molecule has 0 bridgehead atoms. The van der Waals surface area contributed by atoms with E-state index < -0.39 is 0 Å². The second kappa shape index (κ2) is 6.77. The molecule has 0 fully saturated rings. The number of aromatic nitrogens is 6. The third kappa shape index (κ3) is 3.20. The molecular weight excluding hydrogens is 356 g/mol. The molecule has 0 aliphatic carbocycles. The van der Waals surface area contributed by atoms with E-state index in [0.29, 0.717) is 22.6 Å². The topological polar surface area (TPSA) is 82.5 Å². The molecule has 0 N–H and O–H groups in total. The summed E-state index contributed by atoms with van der Waals surface area (Å²) in [4.78, 5) is 5.41. The lowest BCUT2D eigenvalue weighted by Crippen LogP contribution is -2.04. The standard InChI is InChI=1S/C16H14N6OS2/c1-10-5-3-6-11(2)14(10)22-16(18-20-21-22)25-9-13-17-15(19-23-13)12-7-4-8-24-12/h3-8H,9H2,1-2H3. The van der Waals surface area contributed by atoms with Crippen molar-refractivity contribution in [3.63, 3.8) is 0 Å². The van der Waals surface area contributed by atoms with Crippen molar-refractivity contribution in [2.45, 2.75) is 24.8 Å². The van der Waals surface area contributed by atoms with Gasteiger partial charge in [0, 0.05) is 0 Å². The second-order valence-electron chi connectivity index (χ2n) is 5.39. The number of thioether (sulfide) groups is 1. The van der Waals surface area contributed by atoms with Crippen LogP contribution < -0.4 is 0 Å². The number of aryl methyl sites for hydroxylation is 2. The molecule has 1 aromatic carbocycles. The summed E-state index contributed by atoms with van der Waals surface area (Å²) >= 11 is 3.04. The van der Waals surface area contributed by atoms with Gasteiger partial charge in [-0.25, -0.2) is 0 Å². The summed E-state index contributed by atoms with van der Waals surface area (Å²) < 4.78 is 7.08. The highest BCUT2D eigenvalue weighted by atomic mass is 32.2. The molecule has 0 atom stereocenters. The lowest BCUT2D eigenvalue weighted by Gasteiger charge is -2.09. The van der Waals surface area contributed by atoms with Crippen molar-refractivity contribution in [3.8, 4) is 16.4 Å². The molecule has 0 amide bonds. The zero-order valence-electron chi connectivity index (χ0n) is 13.6. The van der Waals surface area contributed by atoms with Crippen molar-refractivity contribution in [2.24, 2.45) is 0 Å². The van der Waals surface area contributed by atoms with Gasteiger partial charge in [0.25, 0.3) is 0 Å². The van der Waals surface area contributed by atoms with E-state index in [9.17, 15) is 0 Å². The molecule has 0 saturated carbocycles. The Labute approximate surface area is 152 Å². The number of nitrogens with zero attached hydrogens (tertiary/aromatic N) is 6. The predicted octanol–water partition coefficient (Wildman–Crippen LogP) is 3.68. The minimum absolute atomic E-state index is 0.504. The first-order chi connectivity index (χ1) is 12.2. The molecule has 126 valence electrons. The third-order valence-corrected chi connectivity index (χ3v) is 5.40. The van der Waals surface area contributed by atoms with Gasteiger partial charge in [-0.1, -0.05) is 41.2 Å². The Kier molecular flexibility index (Phi) is 4.33. The molecule has 0 aliphatic rings. The van der Waals surface area contributed by atoms with Crippen LogP contribution in [0, 0.1) is 13.8 Å². The summed E-state index contributed by atoms with van der Waals surface area (Å²) in [6.45, 7) is 4.09. The number of rotatable bonds is 5. The number of thiophene rings is 1. The third-order valence-electron chi connectivity index (χ3n) is 3.63. The maximum absolute atomic E-state index is 5.33. The van der Waals surface area contributed by atoms with Gasteiger partial charge < -0.3 is 4.52 Å². The van der Waals surface area contributed by atoms with Gasteiger partial charge in [0.1, 0.15) is 0 Å². The van der Waals surface area contributed by atoms with E-state index in [-0.39, 0.29) is 0 Å². The van der Waals surface area contributed by atoms with E-state index in [1.165, 1.54) is 11.8 Å². The SMILES string of the molecule is Cc1cccc(C)c1-n1nnnc1SCc1nc(-c2cccs2)no1. The number of hydrogen-bond acceptors (Lipinski definition) is 8. The van der Waals surface area contributed by atoms with Crippen molar-refractivity contribution in [1.29, 1.82) is 0 Å². The van der Waals surface area contributed by atoms with Crippen LogP contribution in [0.5, 0.6) is 0 Å². The van der Waals surface area contributed by atoms with Crippen LogP contribution in [-0.4, -0.2) is 30.3 Å². The Morgan fingerprint density at radius 2 is 2.00 bits per heavy atom. The summed E-state index contributed by atoms with van der Waals surface area (Å²) in [6, 6.07) is 10.0. The average molecular weight is 370 g/mol. The van der Waals surface area contributed by atoms with Crippen molar-refractivity contribution in [3.05, 3.63) is 52.7 Å². The van der Waals surface area contributed by atoms with Gasteiger partial charge in [0.05, 0.1) is 16.3 Å². The zero-order valence-corrected chi connectivity index (χ0v) is 15.2. The summed E-state index contributed by atoms with van der Waals surface area (Å²) in [5.41, 5.74) is 3.23. The van der Waals surface area contributed by atoms with Crippen molar-refractivity contribution >= 4 is 23.1 Å². The van der Waals surface area contributed by atoms with Gasteiger partial charge in [-0.15, -0.1) is 16.4 Å². The van der Waals surface area contributed by atoms with Gasteiger partial charge in [-0.3, -0.25) is 0 Å². The van der Waals surface area contributed by atoms with Crippen LogP contribution in [0.2, 0.25) is 0 Å². The van der Waals surface area contributed by atoms with Gasteiger partial charge in [0.2, 0.25) is 16.9 Å². The Morgan fingerprint density at radius 3 is 2.76 bits per heavy atom. The lowest BCUT2D eigenvalue weighted by atomic mass is 10.1. The van der Waals surface area contributed by atoms with E-state index in [1.54, 1.807) is 16.0 Å². The molecule has 4 aromatic rings. The smallest absolute Gasteiger partial charge is 0.237 e. The Hall–Kier alpha value is -2.52. The number of hydrogen-bond donors (Lipinski definition) is 0. The quantitative estimate of drug-likeness (QED) is 0.496. The minimum atomic E-state index is 0.504. The van der Waals surface area contributed by atoms with E-state index in [4.69, 9.17) is 4.52 Å². The maximum atomic E-state index is 5.33. The first kappa shape index (κ1) is 16.0. The molecule has 3 aromatic heterocycles. The molecule has 0 saturated heterocycles. The van der Waals surface area contributed by atoms with Crippen LogP contribution in [0.4, 0.5) is 0 Å². The van der Waals surface area contributed by atoms with Crippen LogP contribution in [0.1, 0.15) is 17.0 Å². The van der Waals surface area contributed by atoms with Crippen molar-refractivity contribution < 1.29 is 4.52 Å². The Morgan fingerprint density at radius 1 is 1.16 bits per heavy atom. The van der Waals surface area contributed by atoms with Crippen molar-refractivity contribution in [2.75, 3.05) is 0 Å². The molecule has 7 nitrogen and oxygen atoms in total. The predicted molar refractivity (Wildman–Crippen MR) is 95.8 cm³/mol. The maximum Gasteiger partial charge on any atom is 0.237 e. The molecule has 0 unspecified atom stereocenters. The second-order valence-corrected chi connectivity index (χ2v) is 7.28. The molecule has 9 heteroatoms. The number of para-hydroxylation sites is 1. The first-order valence-corrected chi connectivity index (χ1v) is 9.43. The van der Waals surface area contributed by atoms with Gasteiger partial charge in [-0.2, -0.15) is 9.67 Å². The Bertz CT molecular complexity index is 972. The summed E-state index contributed by atoms with van der Waals surface area (Å²) in [5.74, 6) is 1.66. The first-order valence-electron chi connectivity index (χ1n) is 7.56. The van der Waals surface area contributed by atoms with Crippen LogP contribution >= 0.6 is 23.1 Å². The molecule has 3 heterocycles. The molecule has 25 heavy (non-hydrogen) atoms. The van der Waals surface area contributed by atoms with E-state index >= 15 is 0 Å². The van der Waals surface area contributed by atoms with Crippen LogP contribution in [0.3, 0.4) is 0 Å². The van der Waals surface area contributed by atoms with E-state index in [0.717, 1.165) is 21.7 Å². The van der Waals surface area contributed by atoms with Crippen molar-refractivity contribution in [1.82, 2.24) is 30.3 Å². The fourth-order valence-electron chi connectivity index (χ4n) is 2.49. The van der Waals surface area contributed by atoms with Crippen LogP contribution in [0.25, 0.3) is 16.4 Å². The minimum Gasteiger partial charge on any atom is -0.338 e. The normalized spacial score (nSPS) is 11.1. The highest BCUT2D eigenvalue weighted by Crippen LogP contribution is 2.27. The van der Waals surface area contributed by atoms with E-state index in [1.807, 2.05) is 49.6 Å². The lowest BCUT2D eigenvalue weighted by molar-refractivity contribution is 0.391. The van der Waals surface area contributed by atoms with Gasteiger partial charge in [-0.05, 0) is 46.8 Å². The highest BCUT2D eigenvalue weighted by molar-refractivity contribution is 7.98. The molecule has 0 radical (unpaired) electrons. The zero-order chi connectivity index (χ0) is 17.2. The molecular formula is C16H14N6OS2.